The van der Waals surface area contributed by atoms with E-state index in [1.165, 1.54) is 12.5 Å². The lowest BCUT2D eigenvalue weighted by molar-refractivity contribution is 0.603. The minimum absolute atomic E-state index is 0.258. The summed E-state index contributed by atoms with van der Waals surface area (Å²) in [6.07, 6.45) is 1.95. The molecule has 0 aromatic heterocycles. The van der Waals surface area contributed by atoms with Gasteiger partial charge in [-0.25, -0.2) is 4.39 Å². The van der Waals surface area contributed by atoms with Crippen LogP contribution in [-0.4, -0.2) is 24.6 Å². The van der Waals surface area contributed by atoms with Crippen molar-refractivity contribution in [1.82, 2.24) is 5.32 Å². The Kier molecular flexibility index (Phi) is 6.93. The Morgan fingerprint density at radius 2 is 2.24 bits per heavy atom. The summed E-state index contributed by atoms with van der Waals surface area (Å²) < 4.78 is 13.3. The van der Waals surface area contributed by atoms with Crippen LogP contribution in [0.5, 0.6) is 0 Å². The van der Waals surface area contributed by atoms with Gasteiger partial charge in [-0.3, -0.25) is 0 Å². The number of likely N-dealkylation sites (N-methyl/N-ethyl adjacent to an activating group) is 1. The summed E-state index contributed by atoms with van der Waals surface area (Å²) in [5, 5.41) is 3.51. The molecule has 0 aliphatic rings. The normalized spacial score (nSPS) is 12.7. The summed E-state index contributed by atoms with van der Waals surface area (Å²) in [7, 11) is 1.93. The maximum Gasteiger partial charge on any atom is 0.142 e. The van der Waals surface area contributed by atoms with Crippen LogP contribution in [0.1, 0.15) is 18.9 Å². The minimum atomic E-state index is -0.333. The van der Waals surface area contributed by atoms with Gasteiger partial charge in [-0.2, -0.15) is 11.8 Å². The lowest BCUT2D eigenvalue weighted by atomic mass is 10.1. The van der Waals surface area contributed by atoms with E-state index in [-0.39, 0.29) is 10.8 Å². The Bertz CT molecular complexity index is 346. The van der Waals surface area contributed by atoms with E-state index in [4.69, 9.17) is 11.6 Å². The summed E-state index contributed by atoms with van der Waals surface area (Å²) in [6, 6.07) is 5.33. The van der Waals surface area contributed by atoms with Crippen molar-refractivity contribution < 1.29 is 4.39 Å². The Hall–Kier alpha value is -0.250. The Morgan fingerprint density at radius 3 is 2.88 bits per heavy atom. The third-order valence-electron chi connectivity index (χ3n) is 2.57. The van der Waals surface area contributed by atoms with Gasteiger partial charge in [-0.15, -0.1) is 0 Å². The molecule has 1 aromatic carbocycles. The maximum absolute atomic E-state index is 13.3. The van der Waals surface area contributed by atoms with E-state index in [9.17, 15) is 4.39 Å². The van der Waals surface area contributed by atoms with Crippen LogP contribution in [0.2, 0.25) is 5.02 Å². The molecule has 0 saturated heterocycles. The second-order valence-electron chi connectivity index (χ2n) is 3.98. The standard InChI is InChI=1S/C13H19ClFNS/c1-3-7-17-9-11(16-2)8-10-5-4-6-12(15)13(10)14/h4-6,11,16H,3,7-9H2,1-2H3. The van der Waals surface area contributed by atoms with E-state index in [0.29, 0.717) is 6.04 Å². The van der Waals surface area contributed by atoms with Gasteiger partial charge in [-0.1, -0.05) is 30.7 Å². The number of benzene rings is 1. The fourth-order valence-electron chi connectivity index (χ4n) is 1.59. The van der Waals surface area contributed by atoms with E-state index < -0.39 is 0 Å². The molecule has 0 heterocycles. The van der Waals surface area contributed by atoms with Gasteiger partial charge in [0.05, 0.1) is 5.02 Å². The van der Waals surface area contributed by atoms with Gasteiger partial charge in [0.25, 0.3) is 0 Å². The summed E-state index contributed by atoms with van der Waals surface area (Å²) >= 11 is 7.86. The molecule has 1 nitrogen and oxygen atoms in total. The molecule has 0 bridgehead atoms. The van der Waals surface area contributed by atoms with Crippen molar-refractivity contribution in [3.05, 3.63) is 34.6 Å². The smallest absolute Gasteiger partial charge is 0.142 e. The molecule has 1 rings (SSSR count). The fraction of sp³-hybridized carbons (Fsp3) is 0.538. The van der Waals surface area contributed by atoms with E-state index in [2.05, 4.69) is 12.2 Å². The number of hydrogen-bond acceptors (Lipinski definition) is 2. The fourth-order valence-corrected chi connectivity index (χ4v) is 2.81. The van der Waals surface area contributed by atoms with Gasteiger partial charge in [0.15, 0.2) is 0 Å². The molecule has 0 aliphatic carbocycles. The first-order valence-electron chi connectivity index (χ1n) is 5.87. The van der Waals surface area contributed by atoms with Crippen LogP contribution in [0.4, 0.5) is 4.39 Å². The summed E-state index contributed by atoms with van der Waals surface area (Å²) in [5.41, 5.74) is 0.878. The summed E-state index contributed by atoms with van der Waals surface area (Å²) in [6.45, 7) is 2.17. The lowest BCUT2D eigenvalue weighted by Gasteiger charge is -2.16. The van der Waals surface area contributed by atoms with E-state index >= 15 is 0 Å². The van der Waals surface area contributed by atoms with Crippen LogP contribution in [0.15, 0.2) is 18.2 Å². The van der Waals surface area contributed by atoms with Crippen molar-refractivity contribution in [3.63, 3.8) is 0 Å². The van der Waals surface area contributed by atoms with Crippen molar-refractivity contribution in [1.29, 1.82) is 0 Å². The molecular weight excluding hydrogens is 257 g/mol. The topological polar surface area (TPSA) is 12.0 Å². The zero-order valence-corrected chi connectivity index (χ0v) is 11.9. The van der Waals surface area contributed by atoms with Crippen LogP contribution in [-0.2, 0) is 6.42 Å². The predicted molar refractivity (Wildman–Crippen MR) is 75.6 cm³/mol. The average molecular weight is 276 g/mol. The van der Waals surface area contributed by atoms with Crippen LogP contribution in [0, 0.1) is 5.82 Å². The molecule has 1 atom stereocenters. The zero-order chi connectivity index (χ0) is 12.7. The number of halogens is 2. The highest BCUT2D eigenvalue weighted by molar-refractivity contribution is 7.99. The van der Waals surface area contributed by atoms with E-state index in [1.54, 1.807) is 6.07 Å². The van der Waals surface area contributed by atoms with Crippen LogP contribution in [0.25, 0.3) is 0 Å². The zero-order valence-electron chi connectivity index (χ0n) is 10.3. The highest BCUT2D eigenvalue weighted by atomic mass is 35.5. The van der Waals surface area contributed by atoms with E-state index in [1.807, 2.05) is 24.9 Å². The minimum Gasteiger partial charge on any atom is -0.316 e. The largest absolute Gasteiger partial charge is 0.316 e. The highest BCUT2D eigenvalue weighted by Crippen LogP contribution is 2.21. The van der Waals surface area contributed by atoms with E-state index in [0.717, 1.165) is 23.5 Å². The maximum atomic E-state index is 13.3. The molecule has 1 N–H and O–H groups in total. The van der Waals surface area contributed by atoms with Crippen molar-refractivity contribution >= 4 is 23.4 Å². The quantitative estimate of drug-likeness (QED) is 0.761. The number of thioether (sulfide) groups is 1. The molecule has 0 fully saturated rings. The third kappa shape index (κ3) is 4.86. The van der Waals surface area contributed by atoms with Gasteiger partial charge in [0.1, 0.15) is 5.82 Å². The average Bonchev–Trinajstić information content (AvgIpc) is 2.33. The first-order chi connectivity index (χ1) is 8.19. The second-order valence-corrected chi connectivity index (χ2v) is 5.51. The lowest BCUT2D eigenvalue weighted by Crippen LogP contribution is -2.30. The van der Waals surface area contributed by atoms with Crippen molar-refractivity contribution in [2.24, 2.45) is 0 Å². The molecule has 1 unspecified atom stereocenters. The Morgan fingerprint density at radius 1 is 1.47 bits per heavy atom. The Balaban J connectivity index is 2.57. The molecule has 0 aliphatic heterocycles. The summed E-state index contributed by atoms with van der Waals surface area (Å²) in [4.78, 5) is 0. The van der Waals surface area contributed by atoms with Crippen molar-refractivity contribution in [2.45, 2.75) is 25.8 Å². The molecule has 1 aromatic rings. The molecule has 96 valence electrons. The van der Waals surface area contributed by atoms with Crippen molar-refractivity contribution in [3.8, 4) is 0 Å². The monoisotopic (exact) mass is 275 g/mol. The van der Waals surface area contributed by atoms with Gasteiger partial charge >= 0.3 is 0 Å². The number of nitrogens with one attached hydrogen (secondary N) is 1. The molecule has 0 spiro atoms. The Labute approximate surface area is 112 Å². The van der Waals surface area contributed by atoms with Crippen LogP contribution < -0.4 is 5.32 Å². The van der Waals surface area contributed by atoms with Gasteiger partial charge < -0.3 is 5.32 Å². The molecule has 0 saturated carbocycles. The second kappa shape index (κ2) is 7.96. The first-order valence-corrected chi connectivity index (χ1v) is 7.40. The predicted octanol–water partition coefficient (Wildman–Crippen LogP) is 3.75. The first kappa shape index (κ1) is 14.8. The third-order valence-corrected chi connectivity index (χ3v) is 4.33. The van der Waals surface area contributed by atoms with Crippen LogP contribution >= 0.6 is 23.4 Å². The molecule has 0 radical (unpaired) electrons. The molecule has 4 heteroatoms. The number of hydrogen-bond donors (Lipinski definition) is 1. The molecular formula is C13H19ClFNS. The van der Waals surface area contributed by atoms with Crippen LogP contribution in [0.3, 0.4) is 0 Å². The summed E-state index contributed by atoms with van der Waals surface area (Å²) in [5.74, 6) is 1.85. The van der Waals surface area contributed by atoms with Gasteiger partial charge in [-0.05, 0) is 37.3 Å². The molecule has 0 amide bonds. The molecule has 17 heavy (non-hydrogen) atoms. The highest BCUT2D eigenvalue weighted by Gasteiger charge is 2.11. The number of rotatable bonds is 7. The van der Waals surface area contributed by atoms with Gasteiger partial charge in [0, 0.05) is 11.8 Å². The van der Waals surface area contributed by atoms with Crippen molar-refractivity contribution in [2.75, 3.05) is 18.6 Å². The SMILES string of the molecule is CCCSCC(Cc1cccc(F)c1Cl)NC. The van der Waals surface area contributed by atoms with Gasteiger partial charge in [0.2, 0.25) is 0 Å².